The third kappa shape index (κ3) is 2.93. The number of nitrogens with zero attached hydrogens (tertiary/aromatic N) is 1. The normalized spacial score (nSPS) is 14.0. The van der Waals surface area contributed by atoms with E-state index in [9.17, 15) is 14.7 Å². The van der Waals surface area contributed by atoms with Gasteiger partial charge in [0.05, 0.1) is 24.5 Å². The number of para-hydroxylation sites is 1. The molecule has 0 saturated heterocycles. The van der Waals surface area contributed by atoms with E-state index in [0.717, 1.165) is 0 Å². The van der Waals surface area contributed by atoms with E-state index in [-0.39, 0.29) is 41.7 Å². The number of carbonyl (C=O) groups excluding carboxylic acids is 2. The molecule has 0 unspecified atom stereocenters. The summed E-state index contributed by atoms with van der Waals surface area (Å²) >= 11 is 0. The van der Waals surface area contributed by atoms with Crippen LogP contribution in [0.2, 0.25) is 0 Å². The van der Waals surface area contributed by atoms with Gasteiger partial charge in [0, 0.05) is 30.1 Å². The van der Waals surface area contributed by atoms with Crippen LogP contribution in [0.4, 0.5) is 5.69 Å². The van der Waals surface area contributed by atoms with Crippen molar-refractivity contribution in [2.75, 3.05) is 11.9 Å². The Morgan fingerprint density at radius 3 is 2.52 bits per heavy atom. The first-order valence-corrected chi connectivity index (χ1v) is 7.81. The van der Waals surface area contributed by atoms with Crippen LogP contribution in [0.5, 0.6) is 0 Å². The molecule has 3 N–H and O–H groups in total. The third-order valence-corrected chi connectivity index (χ3v) is 4.12. The largest absolute Gasteiger partial charge is 0.392 e. The zero-order valence-electron chi connectivity index (χ0n) is 13.7. The van der Waals surface area contributed by atoms with Gasteiger partial charge >= 0.3 is 0 Å². The number of anilines is 1. The van der Waals surface area contributed by atoms with Gasteiger partial charge in [-0.15, -0.1) is 0 Å². The Kier molecular flexibility index (Phi) is 4.65. The Balaban J connectivity index is 2.08. The van der Waals surface area contributed by atoms with Gasteiger partial charge in [0.2, 0.25) is 11.6 Å². The molecule has 0 amide bonds. The molecule has 1 aliphatic carbocycles. The fourth-order valence-corrected chi connectivity index (χ4v) is 3.00. The Bertz CT molecular complexity index is 892. The molecule has 0 radical (unpaired) electrons. The molecule has 3 rings (SSSR count). The van der Waals surface area contributed by atoms with Crippen LogP contribution in [0.1, 0.15) is 32.1 Å². The van der Waals surface area contributed by atoms with Gasteiger partial charge in [-0.05, 0) is 18.2 Å². The highest BCUT2D eigenvalue weighted by Gasteiger charge is 2.33. The molecule has 1 heterocycles. The van der Waals surface area contributed by atoms with Crippen molar-refractivity contribution in [3.05, 3.63) is 70.7 Å². The number of allylic oxidation sites excluding steroid dienone is 2. The van der Waals surface area contributed by atoms with Crippen LogP contribution < -0.4 is 5.32 Å². The highest BCUT2D eigenvalue weighted by Crippen LogP contribution is 2.30. The zero-order chi connectivity index (χ0) is 18.0. The predicted molar refractivity (Wildman–Crippen MR) is 94.3 cm³/mol. The summed E-state index contributed by atoms with van der Waals surface area (Å²) in [6.07, 6.45) is 4.36. The number of hydrogen-bond acceptors (Lipinski definition) is 5. The number of fused-ring (bicyclic) bond motifs is 1. The summed E-state index contributed by atoms with van der Waals surface area (Å²) in [4.78, 5) is 25.5. The first kappa shape index (κ1) is 16.9. The van der Waals surface area contributed by atoms with Gasteiger partial charge in [-0.25, -0.2) is 0 Å². The predicted octanol–water partition coefficient (Wildman–Crippen LogP) is 1.90. The number of aromatic nitrogens is 1. The molecule has 1 aliphatic rings. The topological polar surface area (TPSA) is 91.6 Å². The van der Waals surface area contributed by atoms with Crippen molar-refractivity contribution in [3.63, 3.8) is 0 Å². The van der Waals surface area contributed by atoms with Crippen LogP contribution >= 0.6 is 0 Å². The van der Waals surface area contributed by atoms with Crippen molar-refractivity contribution in [2.45, 2.75) is 6.61 Å². The lowest BCUT2D eigenvalue weighted by atomic mass is 9.95. The second-order valence-corrected chi connectivity index (χ2v) is 5.63. The van der Waals surface area contributed by atoms with Crippen molar-refractivity contribution in [3.8, 4) is 0 Å². The summed E-state index contributed by atoms with van der Waals surface area (Å²) < 4.78 is 1.57. The van der Waals surface area contributed by atoms with E-state index in [2.05, 4.69) is 5.32 Å². The van der Waals surface area contributed by atoms with Crippen LogP contribution in [-0.4, -0.2) is 33.0 Å². The van der Waals surface area contributed by atoms with Gasteiger partial charge in [0.15, 0.2) is 0 Å². The van der Waals surface area contributed by atoms with Crippen LogP contribution in [0.25, 0.3) is 6.08 Å². The second-order valence-electron chi connectivity index (χ2n) is 5.63. The van der Waals surface area contributed by atoms with Crippen LogP contribution in [0.15, 0.2) is 48.2 Å². The summed E-state index contributed by atoms with van der Waals surface area (Å²) in [5, 5.41) is 21.7. The number of rotatable bonds is 5. The fraction of sp³-hybridized carbons (Fsp3) is 0.158. The molecule has 6 heteroatoms. The monoisotopic (exact) mass is 338 g/mol. The van der Waals surface area contributed by atoms with Crippen LogP contribution in [-0.2, 0) is 13.7 Å². The lowest BCUT2D eigenvalue weighted by molar-refractivity contribution is 0.0979. The van der Waals surface area contributed by atoms with Gasteiger partial charge < -0.3 is 20.1 Å². The molecule has 0 aliphatic heterocycles. The molecular weight excluding hydrogens is 320 g/mol. The molecule has 0 spiro atoms. The minimum atomic E-state index is -0.383. The first-order valence-electron chi connectivity index (χ1n) is 7.81. The van der Waals surface area contributed by atoms with Crippen molar-refractivity contribution >= 4 is 23.3 Å². The quantitative estimate of drug-likeness (QED) is 0.774. The van der Waals surface area contributed by atoms with Gasteiger partial charge in [-0.3, -0.25) is 9.59 Å². The lowest BCUT2D eigenvalue weighted by Crippen LogP contribution is -2.23. The Hall–Kier alpha value is -2.96. The Morgan fingerprint density at radius 1 is 1.16 bits per heavy atom. The average Bonchev–Trinajstić information content (AvgIpc) is 2.91. The van der Waals surface area contributed by atoms with Gasteiger partial charge in [-0.1, -0.05) is 24.3 Å². The summed E-state index contributed by atoms with van der Waals surface area (Å²) in [7, 11) is 1.66. The maximum Gasteiger partial charge on any atom is 0.212 e. The molecule has 128 valence electrons. The zero-order valence-corrected chi connectivity index (χ0v) is 13.7. The van der Waals surface area contributed by atoms with Crippen molar-refractivity contribution in [1.29, 1.82) is 0 Å². The minimum absolute atomic E-state index is 0.168. The summed E-state index contributed by atoms with van der Waals surface area (Å²) in [6, 6.07) is 9.08. The summed E-state index contributed by atoms with van der Waals surface area (Å²) in [5.74, 6) is -0.657. The maximum atomic E-state index is 12.9. The van der Waals surface area contributed by atoms with E-state index in [1.807, 2.05) is 18.2 Å². The van der Waals surface area contributed by atoms with Gasteiger partial charge in [0.1, 0.15) is 5.69 Å². The molecule has 25 heavy (non-hydrogen) atoms. The maximum absolute atomic E-state index is 12.9. The summed E-state index contributed by atoms with van der Waals surface area (Å²) in [5.41, 5.74) is 2.21. The number of hydrogen-bond donors (Lipinski definition) is 3. The van der Waals surface area contributed by atoms with E-state index in [1.54, 1.807) is 29.8 Å². The van der Waals surface area contributed by atoms with Crippen molar-refractivity contribution in [1.82, 2.24) is 4.57 Å². The van der Waals surface area contributed by atoms with E-state index in [1.165, 1.54) is 12.2 Å². The second kappa shape index (κ2) is 6.88. The number of carbonyl (C=O) groups is 2. The standard InChI is InChI=1S/C19H18N2O4/c1-21-15(8-5-9-22)13(11-23)17-18(21)16(24)10-14(19(17)25)20-12-6-3-2-4-7-12/h2-8,10,20,22-23H,9,11H2,1H3/b8-5+. The first-order chi connectivity index (χ1) is 12.1. The molecule has 0 bridgehead atoms. The van der Waals surface area contributed by atoms with E-state index >= 15 is 0 Å². The molecule has 6 nitrogen and oxygen atoms in total. The van der Waals surface area contributed by atoms with Crippen molar-refractivity contribution < 1.29 is 19.8 Å². The number of aliphatic hydroxyl groups excluding tert-OH is 2. The lowest BCUT2D eigenvalue weighted by Gasteiger charge is -2.15. The molecular formula is C19H18N2O4. The third-order valence-electron chi connectivity index (χ3n) is 4.12. The molecule has 0 atom stereocenters. The summed E-state index contributed by atoms with van der Waals surface area (Å²) in [6.45, 7) is -0.562. The van der Waals surface area contributed by atoms with E-state index in [0.29, 0.717) is 16.9 Å². The SMILES string of the molecule is Cn1c(/C=C/CO)c(CO)c2c1C(=O)C=C(Nc1ccccc1)C2=O. The molecule has 0 saturated carbocycles. The van der Waals surface area contributed by atoms with E-state index < -0.39 is 0 Å². The average molecular weight is 338 g/mol. The number of nitrogens with one attached hydrogen (secondary N) is 1. The minimum Gasteiger partial charge on any atom is -0.392 e. The molecule has 2 aromatic rings. The Morgan fingerprint density at radius 2 is 1.88 bits per heavy atom. The van der Waals surface area contributed by atoms with E-state index in [4.69, 9.17) is 5.11 Å². The highest BCUT2D eigenvalue weighted by atomic mass is 16.3. The highest BCUT2D eigenvalue weighted by molar-refractivity contribution is 6.26. The van der Waals surface area contributed by atoms with Gasteiger partial charge in [0.25, 0.3) is 0 Å². The number of benzene rings is 1. The molecule has 0 fully saturated rings. The number of ketones is 2. The van der Waals surface area contributed by atoms with Gasteiger partial charge in [-0.2, -0.15) is 0 Å². The molecule has 1 aromatic heterocycles. The van der Waals surface area contributed by atoms with Crippen molar-refractivity contribution in [2.24, 2.45) is 7.05 Å². The number of Topliss-reactive ketones (excluding diaryl/α,β-unsaturated/α-hetero) is 1. The van der Waals surface area contributed by atoms with Crippen LogP contribution in [0.3, 0.4) is 0 Å². The smallest absolute Gasteiger partial charge is 0.212 e. The number of aliphatic hydroxyl groups is 2. The molecule has 1 aromatic carbocycles. The van der Waals surface area contributed by atoms with Crippen LogP contribution in [0, 0.1) is 0 Å². The Labute approximate surface area is 144 Å². The fourth-order valence-electron chi connectivity index (χ4n) is 3.00.